The lowest BCUT2D eigenvalue weighted by atomic mass is 10.0. The molecule has 2 heterocycles. The van der Waals surface area contributed by atoms with Gasteiger partial charge in [0.15, 0.2) is 5.82 Å². The van der Waals surface area contributed by atoms with Crippen molar-refractivity contribution in [2.45, 2.75) is 31.6 Å². The Bertz CT molecular complexity index is 550. The van der Waals surface area contributed by atoms with Crippen LogP contribution in [0.2, 0.25) is 5.15 Å². The van der Waals surface area contributed by atoms with E-state index in [4.69, 9.17) is 16.6 Å². The van der Waals surface area contributed by atoms with Gasteiger partial charge in [0.05, 0.1) is 9.26 Å². The average molecular weight is 391 g/mol. The van der Waals surface area contributed by atoms with Crippen molar-refractivity contribution in [3.8, 4) is 11.4 Å². The first kappa shape index (κ1) is 12.8. The fraction of sp³-hybridized carbons (Fsp3) is 0.385. The third kappa shape index (κ3) is 2.42. The highest BCUT2D eigenvalue weighted by Crippen LogP contribution is 2.37. The molecular formula is C13H12ClIN2S. The average Bonchev–Trinajstić information content (AvgIpc) is 3.03. The number of aromatic nitrogens is 2. The number of thiophene rings is 1. The van der Waals surface area contributed by atoms with Crippen molar-refractivity contribution in [1.29, 1.82) is 0 Å². The van der Waals surface area contributed by atoms with Crippen molar-refractivity contribution in [3.05, 3.63) is 31.2 Å². The monoisotopic (exact) mass is 390 g/mol. The molecule has 0 atom stereocenters. The lowest BCUT2D eigenvalue weighted by Gasteiger charge is -2.12. The van der Waals surface area contributed by atoms with Crippen LogP contribution in [-0.4, -0.2) is 9.97 Å². The zero-order chi connectivity index (χ0) is 12.5. The van der Waals surface area contributed by atoms with Crippen molar-refractivity contribution in [1.82, 2.24) is 9.97 Å². The summed E-state index contributed by atoms with van der Waals surface area (Å²) in [5, 5.41) is 4.70. The molecule has 2 aromatic rings. The Balaban J connectivity index is 2.07. The van der Waals surface area contributed by atoms with Crippen LogP contribution >= 0.6 is 45.5 Å². The fourth-order valence-electron chi connectivity index (χ4n) is 2.43. The van der Waals surface area contributed by atoms with Gasteiger partial charge in [-0.1, -0.05) is 24.4 Å². The zero-order valence-electron chi connectivity index (χ0n) is 9.70. The van der Waals surface area contributed by atoms with E-state index in [0.717, 1.165) is 20.7 Å². The molecule has 18 heavy (non-hydrogen) atoms. The maximum Gasteiger partial charge on any atom is 0.162 e. The predicted octanol–water partition coefficient (Wildman–Crippen LogP) is 5.12. The van der Waals surface area contributed by atoms with Crippen molar-refractivity contribution < 1.29 is 0 Å². The number of nitrogens with zero attached hydrogens (tertiary/aromatic N) is 2. The van der Waals surface area contributed by atoms with Crippen molar-refractivity contribution in [2.24, 2.45) is 0 Å². The summed E-state index contributed by atoms with van der Waals surface area (Å²) >= 11 is 10.2. The third-order valence-corrected chi connectivity index (χ3v) is 5.70. The number of halogens is 2. The van der Waals surface area contributed by atoms with Crippen molar-refractivity contribution in [2.75, 3.05) is 0 Å². The van der Waals surface area contributed by atoms with E-state index >= 15 is 0 Å². The quantitative estimate of drug-likeness (QED) is 0.525. The minimum atomic E-state index is 0.565. The Labute approximate surface area is 129 Å². The molecule has 1 aliphatic rings. The molecule has 2 nitrogen and oxygen atoms in total. The first-order chi connectivity index (χ1) is 8.75. The summed E-state index contributed by atoms with van der Waals surface area (Å²) in [5.74, 6) is 1.33. The van der Waals surface area contributed by atoms with Gasteiger partial charge in [0.25, 0.3) is 0 Å². The van der Waals surface area contributed by atoms with E-state index in [1.54, 1.807) is 11.3 Å². The zero-order valence-corrected chi connectivity index (χ0v) is 13.4. The molecule has 1 fully saturated rings. The summed E-state index contributed by atoms with van der Waals surface area (Å²) in [6, 6.07) is 2.04. The maximum absolute atomic E-state index is 6.26. The second-order valence-electron chi connectivity index (χ2n) is 4.53. The van der Waals surface area contributed by atoms with Crippen LogP contribution < -0.4 is 0 Å². The van der Waals surface area contributed by atoms with Gasteiger partial charge in [0.2, 0.25) is 0 Å². The molecule has 0 unspecified atom stereocenters. The second-order valence-corrected chi connectivity index (χ2v) is 6.75. The van der Waals surface area contributed by atoms with Crippen molar-refractivity contribution >= 4 is 45.5 Å². The van der Waals surface area contributed by atoms with Gasteiger partial charge in [0, 0.05) is 16.9 Å². The predicted molar refractivity (Wildman–Crippen MR) is 84.3 cm³/mol. The summed E-state index contributed by atoms with van der Waals surface area (Å²) in [5.41, 5.74) is 2.21. The molecular weight excluding hydrogens is 379 g/mol. The summed E-state index contributed by atoms with van der Waals surface area (Å²) < 4.78 is 1.03. The Kier molecular flexibility index (Phi) is 3.86. The maximum atomic E-state index is 6.26. The normalized spacial score (nSPS) is 16.3. The van der Waals surface area contributed by atoms with E-state index in [9.17, 15) is 0 Å². The molecule has 3 rings (SSSR count). The van der Waals surface area contributed by atoms with Crippen LogP contribution in [0.25, 0.3) is 11.4 Å². The molecule has 1 aliphatic carbocycles. The van der Waals surface area contributed by atoms with Gasteiger partial charge in [-0.15, -0.1) is 0 Å². The van der Waals surface area contributed by atoms with Crippen LogP contribution in [0.4, 0.5) is 0 Å². The summed E-state index contributed by atoms with van der Waals surface area (Å²) in [6.45, 7) is 0. The molecule has 0 spiro atoms. The van der Waals surface area contributed by atoms with E-state index in [0.29, 0.717) is 11.1 Å². The molecule has 0 N–H and O–H groups in total. The Hall–Kier alpha value is -0.200. The number of rotatable bonds is 2. The second kappa shape index (κ2) is 5.43. The third-order valence-electron chi connectivity index (χ3n) is 3.36. The van der Waals surface area contributed by atoms with E-state index in [-0.39, 0.29) is 0 Å². The van der Waals surface area contributed by atoms with Gasteiger partial charge >= 0.3 is 0 Å². The van der Waals surface area contributed by atoms with Crippen LogP contribution in [0.15, 0.2) is 16.8 Å². The van der Waals surface area contributed by atoms with Gasteiger partial charge in [-0.25, -0.2) is 9.97 Å². The first-order valence-corrected chi connectivity index (χ1v) is 8.41. The van der Waals surface area contributed by atoms with E-state index in [1.807, 2.05) is 11.4 Å². The highest BCUT2D eigenvalue weighted by Gasteiger charge is 2.23. The summed E-state index contributed by atoms with van der Waals surface area (Å²) in [4.78, 5) is 9.16. The van der Waals surface area contributed by atoms with Gasteiger partial charge in [-0.05, 0) is 46.9 Å². The van der Waals surface area contributed by atoms with Gasteiger partial charge in [-0.3, -0.25) is 0 Å². The van der Waals surface area contributed by atoms with Gasteiger partial charge in [0.1, 0.15) is 5.15 Å². The molecule has 0 saturated heterocycles. The highest BCUT2D eigenvalue weighted by molar-refractivity contribution is 14.1. The lowest BCUT2D eigenvalue weighted by Crippen LogP contribution is -2.04. The summed E-state index contributed by atoms with van der Waals surface area (Å²) in [7, 11) is 0. The molecule has 1 saturated carbocycles. The molecule has 0 radical (unpaired) electrons. The number of hydrogen-bond acceptors (Lipinski definition) is 3. The molecule has 0 aromatic carbocycles. The molecule has 0 bridgehead atoms. The van der Waals surface area contributed by atoms with Crippen LogP contribution in [0.1, 0.15) is 37.3 Å². The molecule has 94 valence electrons. The smallest absolute Gasteiger partial charge is 0.162 e. The molecule has 2 aromatic heterocycles. The van der Waals surface area contributed by atoms with E-state index < -0.39 is 0 Å². The first-order valence-electron chi connectivity index (χ1n) is 6.01. The van der Waals surface area contributed by atoms with E-state index in [1.165, 1.54) is 25.7 Å². The van der Waals surface area contributed by atoms with Crippen LogP contribution in [0.5, 0.6) is 0 Å². The highest BCUT2D eigenvalue weighted by atomic mass is 127. The van der Waals surface area contributed by atoms with Crippen LogP contribution in [0, 0.1) is 3.57 Å². The standard InChI is InChI=1S/C13H12ClIN2S/c14-12-10(15)11(8-3-1-2-4-8)16-13(17-12)9-5-6-18-7-9/h5-8H,1-4H2. The Morgan fingerprint density at radius 3 is 2.72 bits per heavy atom. The number of hydrogen-bond donors (Lipinski definition) is 0. The minimum absolute atomic E-state index is 0.565. The van der Waals surface area contributed by atoms with Gasteiger partial charge < -0.3 is 0 Å². The Morgan fingerprint density at radius 2 is 2.06 bits per heavy atom. The summed E-state index contributed by atoms with van der Waals surface area (Å²) in [6.07, 6.45) is 5.06. The lowest BCUT2D eigenvalue weighted by molar-refractivity contribution is 0.690. The van der Waals surface area contributed by atoms with Crippen LogP contribution in [0.3, 0.4) is 0 Å². The largest absolute Gasteiger partial charge is 0.232 e. The minimum Gasteiger partial charge on any atom is -0.232 e. The van der Waals surface area contributed by atoms with E-state index in [2.05, 4.69) is 33.0 Å². The topological polar surface area (TPSA) is 25.8 Å². The molecule has 5 heteroatoms. The fourth-order valence-corrected chi connectivity index (χ4v) is 3.92. The van der Waals surface area contributed by atoms with Crippen molar-refractivity contribution in [3.63, 3.8) is 0 Å². The van der Waals surface area contributed by atoms with Gasteiger partial charge in [-0.2, -0.15) is 11.3 Å². The molecule has 0 aliphatic heterocycles. The van der Waals surface area contributed by atoms with Crippen LogP contribution in [-0.2, 0) is 0 Å². The SMILES string of the molecule is Clc1nc(-c2ccsc2)nc(C2CCCC2)c1I. The Morgan fingerprint density at radius 1 is 1.28 bits per heavy atom. The molecule has 0 amide bonds.